The van der Waals surface area contributed by atoms with Gasteiger partial charge in [-0.1, -0.05) is 29.8 Å². The van der Waals surface area contributed by atoms with Crippen LogP contribution in [0, 0.1) is 11.7 Å². The van der Waals surface area contributed by atoms with Crippen LogP contribution in [0.4, 0.5) is 15.9 Å². The SMILES string of the molecule is Cn1cc(-c2ccc(NC(=O)c3cn(CC4CCOCC4)cc(-c4ccc(F)cc4)c3=O)c(Cl)c2)c2c(N)ncnc21. The number of carbonyl (C=O) groups excluding carboxylic acids is 1. The van der Waals surface area contributed by atoms with E-state index in [1.54, 1.807) is 30.6 Å². The third-order valence-corrected chi connectivity index (χ3v) is 7.91. The molecule has 3 N–H and O–H groups in total. The number of aromatic nitrogens is 4. The van der Waals surface area contributed by atoms with Gasteiger partial charge in [0.25, 0.3) is 5.91 Å². The van der Waals surface area contributed by atoms with Crippen molar-refractivity contribution in [2.75, 3.05) is 24.3 Å². The molecule has 9 nitrogen and oxygen atoms in total. The van der Waals surface area contributed by atoms with Crippen molar-refractivity contribution < 1.29 is 13.9 Å². The Morgan fingerprint density at radius 2 is 1.81 bits per heavy atom. The Morgan fingerprint density at radius 1 is 1.07 bits per heavy atom. The Morgan fingerprint density at radius 3 is 2.55 bits per heavy atom. The molecule has 0 atom stereocenters. The summed E-state index contributed by atoms with van der Waals surface area (Å²) in [7, 11) is 1.86. The molecule has 214 valence electrons. The lowest BCUT2D eigenvalue weighted by molar-refractivity contribution is 0.0612. The number of anilines is 2. The van der Waals surface area contributed by atoms with Gasteiger partial charge in [0.1, 0.15) is 29.2 Å². The molecule has 6 rings (SSSR count). The number of carbonyl (C=O) groups is 1. The van der Waals surface area contributed by atoms with Crippen LogP contribution in [0.2, 0.25) is 5.02 Å². The van der Waals surface area contributed by atoms with Crippen LogP contribution in [0.5, 0.6) is 0 Å². The first-order valence-corrected chi connectivity index (χ1v) is 13.9. The lowest BCUT2D eigenvalue weighted by Gasteiger charge is -2.23. The minimum Gasteiger partial charge on any atom is -0.383 e. The number of nitrogens with one attached hydrogen (secondary N) is 1. The fraction of sp³-hybridized carbons (Fsp3) is 0.226. The monoisotopic (exact) mass is 586 g/mol. The second kappa shape index (κ2) is 11.4. The van der Waals surface area contributed by atoms with Gasteiger partial charge < -0.3 is 24.9 Å². The Balaban J connectivity index is 1.33. The predicted molar refractivity (Wildman–Crippen MR) is 161 cm³/mol. The van der Waals surface area contributed by atoms with Gasteiger partial charge in [0.05, 0.1) is 16.1 Å². The number of hydrogen-bond donors (Lipinski definition) is 2. The number of nitrogens with two attached hydrogens (primary N) is 1. The summed E-state index contributed by atoms with van der Waals surface area (Å²) < 4.78 is 22.8. The van der Waals surface area contributed by atoms with Gasteiger partial charge in [-0.25, -0.2) is 14.4 Å². The summed E-state index contributed by atoms with van der Waals surface area (Å²) in [4.78, 5) is 35.5. The molecule has 0 aliphatic carbocycles. The van der Waals surface area contributed by atoms with Gasteiger partial charge in [-0.15, -0.1) is 0 Å². The quantitative estimate of drug-likeness (QED) is 0.271. The van der Waals surface area contributed by atoms with E-state index in [-0.39, 0.29) is 10.6 Å². The number of fused-ring (bicyclic) bond motifs is 1. The summed E-state index contributed by atoms with van der Waals surface area (Å²) in [6, 6.07) is 10.9. The zero-order valence-corrected chi connectivity index (χ0v) is 23.6. The lowest BCUT2D eigenvalue weighted by Crippen LogP contribution is -2.26. The van der Waals surface area contributed by atoms with Crippen LogP contribution in [0.3, 0.4) is 0 Å². The van der Waals surface area contributed by atoms with E-state index < -0.39 is 17.2 Å². The van der Waals surface area contributed by atoms with E-state index in [4.69, 9.17) is 22.1 Å². The highest BCUT2D eigenvalue weighted by Gasteiger charge is 2.21. The molecule has 0 spiro atoms. The molecular weight excluding hydrogens is 559 g/mol. The van der Waals surface area contributed by atoms with Gasteiger partial charge in [-0.2, -0.15) is 0 Å². The molecule has 11 heteroatoms. The molecule has 5 aromatic rings. The normalized spacial score (nSPS) is 13.9. The summed E-state index contributed by atoms with van der Waals surface area (Å²) >= 11 is 6.64. The zero-order valence-electron chi connectivity index (χ0n) is 22.8. The van der Waals surface area contributed by atoms with Crippen LogP contribution < -0.4 is 16.5 Å². The summed E-state index contributed by atoms with van der Waals surface area (Å²) in [6.45, 7) is 1.97. The summed E-state index contributed by atoms with van der Waals surface area (Å²) in [5.41, 5.74) is 9.08. The standard InChI is InChI=1S/C31H28ClFN6O3/c1-38-14-22(27-29(34)35-17-36-30(27)38)20-4-7-26(25(32)12-20)37-31(41)24-16-39(13-18-8-10-42-11-9-18)15-23(28(24)40)19-2-5-21(33)6-3-19/h2-7,12,14-18H,8-11,13H2,1H3,(H,37,41)(H2,34,35,36). The van der Waals surface area contributed by atoms with E-state index in [9.17, 15) is 14.0 Å². The van der Waals surface area contributed by atoms with Gasteiger partial charge in [0.15, 0.2) is 0 Å². The molecular formula is C31H28ClFN6O3. The number of rotatable bonds is 6. The minimum absolute atomic E-state index is 0.0389. The number of amides is 1. The molecule has 42 heavy (non-hydrogen) atoms. The maximum atomic E-state index is 13.6. The molecule has 0 saturated carbocycles. The highest BCUT2D eigenvalue weighted by atomic mass is 35.5. The van der Waals surface area contributed by atoms with Crippen molar-refractivity contribution in [2.45, 2.75) is 19.4 Å². The molecule has 3 aromatic heterocycles. The second-order valence-corrected chi connectivity index (χ2v) is 10.8. The maximum Gasteiger partial charge on any atom is 0.261 e. The average molecular weight is 587 g/mol. The fourth-order valence-electron chi connectivity index (χ4n) is 5.39. The van der Waals surface area contributed by atoms with E-state index in [0.717, 1.165) is 24.0 Å². The minimum atomic E-state index is -0.595. The average Bonchev–Trinajstić information content (AvgIpc) is 3.33. The Bertz CT molecular complexity index is 1860. The van der Waals surface area contributed by atoms with Crippen molar-refractivity contribution in [1.82, 2.24) is 19.1 Å². The van der Waals surface area contributed by atoms with Crippen LogP contribution in [-0.2, 0) is 18.3 Å². The Hall–Kier alpha value is -4.54. The molecule has 1 saturated heterocycles. The number of nitrogens with zero attached hydrogens (tertiary/aromatic N) is 4. The summed E-state index contributed by atoms with van der Waals surface area (Å²) in [6.07, 6.45) is 8.37. The van der Waals surface area contributed by atoms with Crippen LogP contribution in [-0.4, -0.2) is 38.2 Å². The van der Waals surface area contributed by atoms with Crippen molar-refractivity contribution >= 4 is 40.0 Å². The van der Waals surface area contributed by atoms with E-state index in [1.165, 1.54) is 30.6 Å². The van der Waals surface area contributed by atoms with Crippen LogP contribution in [0.25, 0.3) is 33.3 Å². The molecule has 1 amide bonds. The highest BCUT2D eigenvalue weighted by Crippen LogP contribution is 2.35. The van der Waals surface area contributed by atoms with Crippen LogP contribution in [0.15, 0.2) is 72.2 Å². The Labute approximate surface area is 245 Å². The van der Waals surface area contributed by atoms with Crippen LogP contribution >= 0.6 is 11.6 Å². The van der Waals surface area contributed by atoms with E-state index >= 15 is 0 Å². The first-order valence-electron chi connectivity index (χ1n) is 13.5. The Kier molecular flexibility index (Phi) is 7.49. The van der Waals surface area contributed by atoms with Gasteiger partial charge in [-0.05, 0) is 54.2 Å². The van der Waals surface area contributed by atoms with E-state index in [0.29, 0.717) is 59.3 Å². The molecule has 1 fully saturated rings. The smallest absolute Gasteiger partial charge is 0.261 e. The van der Waals surface area contributed by atoms with E-state index in [1.807, 2.05) is 22.4 Å². The lowest BCUT2D eigenvalue weighted by atomic mass is 9.99. The first kappa shape index (κ1) is 27.6. The van der Waals surface area contributed by atoms with Gasteiger partial charge in [0, 0.05) is 56.5 Å². The van der Waals surface area contributed by atoms with Gasteiger partial charge in [0.2, 0.25) is 5.43 Å². The number of nitrogen functional groups attached to an aromatic ring is 1. The van der Waals surface area contributed by atoms with Crippen molar-refractivity contribution in [3.05, 3.63) is 94.0 Å². The highest BCUT2D eigenvalue weighted by molar-refractivity contribution is 6.34. The number of pyridine rings is 1. The van der Waals surface area contributed by atoms with Gasteiger partial charge in [-0.3, -0.25) is 9.59 Å². The molecule has 0 radical (unpaired) electrons. The largest absolute Gasteiger partial charge is 0.383 e. The number of halogens is 2. The molecule has 0 unspecified atom stereocenters. The summed E-state index contributed by atoms with van der Waals surface area (Å²) in [5.74, 6) is -0.315. The van der Waals surface area contributed by atoms with Gasteiger partial charge >= 0.3 is 0 Å². The van der Waals surface area contributed by atoms with E-state index in [2.05, 4.69) is 15.3 Å². The predicted octanol–water partition coefficient (Wildman–Crippen LogP) is 5.52. The maximum absolute atomic E-state index is 13.6. The number of aryl methyl sites for hydroxylation is 1. The zero-order chi connectivity index (χ0) is 29.4. The molecule has 1 aliphatic heterocycles. The topological polar surface area (TPSA) is 117 Å². The van der Waals surface area contributed by atoms with Crippen molar-refractivity contribution in [2.24, 2.45) is 13.0 Å². The number of hydrogen-bond acceptors (Lipinski definition) is 6. The molecule has 1 aliphatic rings. The molecule has 2 aromatic carbocycles. The number of ether oxygens (including phenoxy) is 1. The second-order valence-electron chi connectivity index (χ2n) is 10.4. The third kappa shape index (κ3) is 5.38. The third-order valence-electron chi connectivity index (χ3n) is 7.60. The first-order chi connectivity index (χ1) is 20.3. The van der Waals surface area contributed by atoms with Crippen molar-refractivity contribution in [3.63, 3.8) is 0 Å². The van der Waals surface area contributed by atoms with Crippen molar-refractivity contribution in [3.8, 4) is 22.3 Å². The van der Waals surface area contributed by atoms with Crippen LogP contribution in [0.1, 0.15) is 23.2 Å². The summed E-state index contributed by atoms with van der Waals surface area (Å²) in [5, 5.41) is 3.79. The molecule has 4 heterocycles. The number of benzene rings is 2. The van der Waals surface area contributed by atoms with Crippen molar-refractivity contribution in [1.29, 1.82) is 0 Å². The fourth-order valence-corrected chi connectivity index (χ4v) is 5.62. The molecule has 0 bridgehead atoms.